The average molecular weight is 464 g/mol. The number of benzene rings is 2. The average Bonchev–Trinajstić information content (AvgIpc) is 2.83. The molecule has 2 aromatic carbocycles. The monoisotopic (exact) mass is 463 g/mol. The van der Waals surface area contributed by atoms with E-state index >= 15 is 0 Å². The zero-order valence-corrected chi connectivity index (χ0v) is 20.4. The van der Waals surface area contributed by atoms with Crippen LogP contribution in [-0.4, -0.2) is 46.6 Å². The fraction of sp³-hybridized carbons (Fsp3) is 0.500. The molecule has 1 N–H and O–H groups in total. The number of hydrogen-bond donors (Lipinski definition) is 1. The molecule has 2 aromatic rings. The van der Waals surface area contributed by atoms with Gasteiger partial charge in [0.1, 0.15) is 0 Å². The number of methoxy groups -OCH3 is 3. The van der Waals surface area contributed by atoms with Gasteiger partial charge >= 0.3 is 0 Å². The van der Waals surface area contributed by atoms with Crippen molar-refractivity contribution < 1.29 is 28.4 Å². The van der Waals surface area contributed by atoms with Gasteiger partial charge in [-0.05, 0) is 54.8 Å². The Morgan fingerprint density at radius 2 is 1.50 bits per heavy atom. The zero-order valence-electron chi connectivity index (χ0n) is 19.5. The highest BCUT2D eigenvalue weighted by molar-refractivity contribution is 7.67. The Morgan fingerprint density at radius 1 is 0.938 bits per heavy atom. The van der Waals surface area contributed by atoms with Gasteiger partial charge in [0.05, 0.1) is 27.4 Å². The maximum absolute atomic E-state index is 14.4. The minimum atomic E-state index is -3.70. The molecule has 0 aliphatic heterocycles. The Bertz CT molecular complexity index is 915. The van der Waals surface area contributed by atoms with Crippen LogP contribution in [0.5, 0.6) is 17.2 Å². The summed E-state index contributed by atoms with van der Waals surface area (Å²) in [6.07, 6.45) is 4.73. The van der Waals surface area contributed by atoms with Gasteiger partial charge in [-0.25, -0.2) is 0 Å². The van der Waals surface area contributed by atoms with Crippen LogP contribution in [0.25, 0.3) is 0 Å². The van der Waals surface area contributed by atoms with Crippen molar-refractivity contribution in [3.8, 4) is 17.2 Å². The standard InChI is InChI=1S/C24H34NO6P/c1-25(2)18-11-13-20(14-12-18)32(27,31-19-9-7-6-8-10-19)24(26)17-15-21(28-3)23(30-5)22(16-17)29-4/h11-16,19,24,26H,6-10H2,1-5H3/t24-,32+/m1/s1. The van der Waals surface area contributed by atoms with Gasteiger partial charge in [0, 0.05) is 25.1 Å². The summed E-state index contributed by atoms with van der Waals surface area (Å²) in [5, 5.41) is 11.9. The van der Waals surface area contributed by atoms with Crippen LogP contribution in [0, 0.1) is 0 Å². The van der Waals surface area contributed by atoms with Gasteiger partial charge in [-0.1, -0.05) is 19.3 Å². The lowest BCUT2D eigenvalue weighted by Crippen LogP contribution is -2.22. The van der Waals surface area contributed by atoms with E-state index in [1.54, 1.807) is 24.3 Å². The van der Waals surface area contributed by atoms with Gasteiger partial charge in [0.25, 0.3) is 7.37 Å². The lowest BCUT2D eigenvalue weighted by atomic mass is 9.98. The summed E-state index contributed by atoms with van der Waals surface area (Å²) in [5.41, 5.74) is 1.36. The highest BCUT2D eigenvalue weighted by atomic mass is 31.2. The Morgan fingerprint density at radius 3 is 1.97 bits per heavy atom. The molecule has 1 fully saturated rings. The predicted molar refractivity (Wildman–Crippen MR) is 127 cm³/mol. The Hall–Kier alpha value is -2.21. The van der Waals surface area contributed by atoms with Crippen molar-refractivity contribution in [3.05, 3.63) is 42.0 Å². The molecule has 1 aliphatic carbocycles. The fourth-order valence-electron chi connectivity index (χ4n) is 4.06. The molecular weight excluding hydrogens is 429 g/mol. The van der Waals surface area contributed by atoms with Crippen LogP contribution < -0.4 is 24.4 Å². The number of aliphatic hydroxyl groups excluding tert-OH is 1. The molecular formula is C24H34NO6P. The molecule has 0 heterocycles. The molecule has 0 radical (unpaired) electrons. The molecule has 7 nitrogen and oxygen atoms in total. The second-order valence-corrected chi connectivity index (χ2v) is 10.6. The maximum Gasteiger partial charge on any atom is 0.264 e. The quantitative estimate of drug-likeness (QED) is 0.539. The number of rotatable bonds is 9. The van der Waals surface area contributed by atoms with Gasteiger partial charge in [-0.3, -0.25) is 4.57 Å². The lowest BCUT2D eigenvalue weighted by Gasteiger charge is -2.31. The molecule has 32 heavy (non-hydrogen) atoms. The van der Waals surface area contributed by atoms with Crippen molar-refractivity contribution in [2.45, 2.75) is 44.1 Å². The van der Waals surface area contributed by atoms with Crippen molar-refractivity contribution >= 4 is 18.4 Å². The summed E-state index contributed by atoms with van der Waals surface area (Å²) in [6, 6.07) is 10.6. The molecule has 0 amide bonds. The van der Waals surface area contributed by atoms with E-state index in [1.165, 1.54) is 21.3 Å². The topological polar surface area (TPSA) is 77.5 Å². The van der Waals surface area contributed by atoms with E-state index in [0.29, 0.717) is 28.1 Å². The second-order valence-electron chi connectivity index (χ2n) is 8.21. The summed E-state index contributed by atoms with van der Waals surface area (Å²) in [6.45, 7) is 0. The number of hydrogen-bond acceptors (Lipinski definition) is 7. The molecule has 1 aliphatic rings. The van der Waals surface area contributed by atoms with Gasteiger partial charge in [-0.15, -0.1) is 0 Å². The van der Waals surface area contributed by atoms with Crippen LogP contribution in [0.1, 0.15) is 43.5 Å². The normalized spacial score (nSPS) is 17.3. The molecule has 0 aromatic heterocycles. The lowest BCUT2D eigenvalue weighted by molar-refractivity contribution is 0.137. The molecule has 0 saturated heterocycles. The summed E-state index contributed by atoms with van der Waals surface area (Å²) in [4.78, 5) is 1.96. The molecule has 176 valence electrons. The largest absolute Gasteiger partial charge is 0.493 e. The molecule has 3 rings (SSSR count). The number of nitrogens with zero attached hydrogens (tertiary/aromatic N) is 1. The third-order valence-electron chi connectivity index (χ3n) is 5.89. The van der Waals surface area contributed by atoms with E-state index in [-0.39, 0.29) is 6.10 Å². The summed E-state index contributed by atoms with van der Waals surface area (Å²) in [5.74, 6) is -0.214. The van der Waals surface area contributed by atoms with Gasteiger partial charge in [0.15, 0.2) is 17.3 Å². The van der Waals surface area contributed by atoms with Gasteiger partial charge < -0.3 is 28.7 Å². The van der Waals surface area contributed by atoms with Crippen LogP contribution in [0.3, 0.4) is 0 Å². The van der Waals surface area contributed by atoms with E-state index in [2.05, 4.69) is 0 Å². The summed E-state index contributed by atoms with van der Waals surface area (Å²) < 4.78 is 36.9. The molecule has 0 unspecified atom stereocenters. The molecule has 0 spiro atoms. The molecule has 1 saturated carbocycles. The SMILES string of the molecule is COc1cc([C@H](O)[P@@](=O)(OC2CCCCC2)c2ccc(N(C)C)cc2)cc(OC)c1OC. The minimum absolute atomic E-state index is 0.153. The number of anilines is 1. The van der Waals surface area contributed by atoms with E-state index < -0.39 is 13.2 Å². The Labute approximate surface area is 190 Å². The van der Waals surface area contributed by atoms with E-state index in [9.17, 15) is 9.67 Å². The van der Waals surface area contributed by atoms with Gasteiger partial charge in [0.2, 0.25) is 5.75 Å². The van der Waals surface area contributed by atoms with Crippen LogP contribution in [0.2, 0.25) is 0 Å². The zero-order chi connectivity index (χ0) is 23.3. The molecule has 0 bridgehead atoms. The smallest absolute Gasteiger partial charge is 0.264 e. The van der Waals surface area contributed by atoms with Crippen LogP contribution in [0.15, 0.2) is 36.4 Å². The van der Waals surface area contributed by atoms with E-state index in [0.717, 1.165) is 37.8 Å². The van der Waals surface area contributed by atoms with Gasteiger partial charge in [-0.2, -0.15) is 0 Å². The van der Waals surface area contributed by atoms with Crippen molar-refractivity contribution in [1.82, 2.24) is 0 Å². The van der Waals surface area contributed by atoms with Crippen molar-refractivity contribution in [3.63, 3.8) is 0 Å². The summed E-state index contributed by atoms with van der Waals surface area (Å²) in [7, 11) is 4.71. The minimum Gasteiger partial charge on any atom is -0.493 e. The Balaban J connectivity index is 2.07. The first-order valence-corrected chi connectivity index (χ1v) is 12.6. The summed E-state index contributed by atoms with van der Waals surface area (Å²) >= 11 is 0. The van der Waals surface area contributed by atoms with E-state index in [1.807, 2.05) is 31.1 Å². The van der Waals surface area contributed by atoms with Crippen LogP contribution in [-0.2, 0) is 9.09 Å². The molecule has 8 heteroatoms. The fourth-order valence-corrected chi connectivity index (χ4v) is 6.34. The van der Waals surface area contributed by atoms with Crippen LogP contribution in [0.4, 0.5) is 5.69 Å². The Kier molecular flexibility index (Phi) is 8.10. The first-order valence-electron chi connectivity index (χ1n) is 10.9. The highest BCUT2D eigenvalue weighted by Gasteiger charge is 2.40. The maximum atomic E-state index is 14.4. The first-order chi connectivity index (χ1) is 15.3. The third kappa shape index (κ3) is 5.06. The highest BCUT2D eigenvalue weighted by Crippen LogP contribution is 2.60. The first kappa shape index (κ1) is 24.4. The third-order valence-corrected chi connectivity index (χ3v) is 8.46. The van der Waals surface area contributed by atoms with Crippen LogP contribution >= 0.6 is 7.37 Å². The molecule has 2 atom stereocenters. The van der Waals surface area contributed by atoms with Crippen molar-refractivity contribution in [2.24, 2.45) is 0 Å². The predicted octanol–water partition coefficient (Wildman–Crippen LogP) is 4.72. The number of ether oxygens (including phenoxy) is 3. The number of aliphatic hydroxyl groups is 1. The van der Waals surface area contributed by atoms with Crippen molar-refractivity contribution in [2.75, 3.05) is 40.3 Å². The van der Waals surface area contributed by atoms with Crippen molar-refractivity contribution in [1.29, 1.82) is 0 Å². The van der Waals surface area contributed by atoms with E-state index in [4.69, 9.17) is 18.7 Å². The second kappa shape index (κ2) is 10.6.